The van der Waals surface area contributed by atoms with Gasteiger partial charge in [-0.05, 0) is 19.1 Å². The summed E-state index contributed by atoms with van der Waals surface area (Å²) in [5.74, 6) is -0.192. The predicted molar refractivity (Wildman–Crippen MR) is 60.1 cm³/mol. The van der Waals surface area contributed by atoms with E-state index in [0.717, 1.165) is 16.1 Å². The minimum atomic E-state index is -0.192. The van der Waals surface area contributed by atoms with Gasteiger partial charge in [0.2, 0.25) is 0 Å². The quantitative estimate of drug-likeness (QED) is 0.773. The summed E-state index contributed by atoms with van der Waals surface area (Å²) >= 11 is 1.49. The molecule has 0 bridgehead atoms. The van der Waals surface area contributed by atoms with Crippen molar-refractivity contribution in [1.82, 2.24) is 9.97 Å². The summed E-state index contributed by atoms with van der Waals surface area (Å²) in [5.41, 5.74) is 1.78. The zero-order valence-electron chi connectivity index (χ0n) is 8.14. The van der Waals surface area contributed by atoms with Crippen molar-refractivity contribution in [1.29, 1.82) is 0 Å². The van der Waals surface area contributed by atoms with Gasteiger partial charge in [0.25, 0.3) is 0 Å². The molecule has 0 aromatic carbocycles. The van der Waals surface area contributed by atoms with E-state index in [2.05, 4.69) is 9.97 Å². The van der Waals surface area contributed by atoms with Crippen molar-refractivity contribution in [2.45, 2.75) is 6.92 Å². The average Bonchev–Trinajstić information content (AvgIpc) is 2.67. The number of allylic oxidation sites excluding steroid dienone is 1. The maximum atomic E-state index is 12.6. The molecule has 0 aliphatic heterocycles. The van der Waals surface area contributed by atoms with Gasteiger partial charge in [0.05, 0.1) is 17.7 Å². The normalized spacial score (nSPS) is 11.7. The lowest BCUT2D eigenvalue weighted by Gasteiger charge is -1.92. The van der Waals surface area contributed by atoms with Gasteiger partial charge in [-0.1, -0.05) is 0 Å². The van der Waals surface area contributed by atoms with Gasteiger partial charge in [-0.25, -0.2) is 4.39 Å². The lowest BCUT2D eigenvalue weighted by molar-refractivity contribution is 0.648. The highest BCUT2D eigenvalue weighted by molar-refractivity contribution is 7.11. The molecule has 0 atom stereocenters. The Morgan fingerprint density at radius 2 is 2.33 bits per heavy atom. The van der Waals surface area contributed by atoms with Gasteiger partial charge in [-0.3, -0.25) is 9.97 Å². The van der Waals surface area contributed by atoms with Crippen LogP contribution in [0.1, 0.15) is 11.8 Å². The highest BCUT2D eigenvalue weighted by Crippen LogP contribution is 2.25. The van der Waals surface area contributed by atoms with Crippen LogP contribution in [0.4, 0.5) is 4.39 Å². The maximum Gasteiger partial charge on any atom is 0.0982 e. The lowest BCUT2D eigenvalue weighted by atomic mass is 10.2. The smallest absolute Gasteiger partial charge is 0.0982 e. The molecule has 0 N–H and O–H groups in total. The van der Waals surface area contributed by atoms with Gasteiger partial charge < -0.3 is 0 Å². The van der Waals surface area contributed by atoms with Crippen LogP contribution in [-0.4, -0.2) is 9.97 Å². The minimum Gasteiger partial charge on any atom is -0.261 e. The molecule has 4 heteroatoms. The molecule has 76 valence electrons. The van der Waals surface area contributed by atoms with Crippen LogP contribution in [0.2, 0.25) is 0 Å². The summed E-state index contributed by atoms with van der Waals surface area (Å²) in [6.07, 6.45) is 6.47. The zero-order valence-corrected chi connectivity index (χ0v) is 8.96. The van der Waals surface area contributed by atoms with Gasteiger partial charge in [0, 0.05) is 28.2 Å². The van der Waals surface area contributed by atoms with Crippen LogP contribution in [0.15, 0.2) is 35.9 Å². The Hall–Kier alpha value is -1.55. The van der Waals surface area contributed by atoms with Crippen molar-refractivity contribution < 1.29 is 4.39 Å². The molecular formula is C11H9FN2S. The lowest BCUT2D eigenvalue weighted by Crippen LogP contribution is -1.80. The van der Waals surface area contributed by atoms with Gasteiger partial charge >= 0.3 is 0 Å². The first-order chi connectivity index (χ1) is 7.25. The summed E-state index contributed by atoms with van der Waals surface area (Å²) in [4.78, 5) is 9.04. The van der Waals surface area contributed by atoms with E-state index in [-0.39, 0.29) is 5.83 Å². The maximum absolute atomic E-state index is 12.6. The zero-order chi connectivity index (χ0) is 10.7. The van der Waals surface area contributed by atoms with Crippen LogP contribution in [-0.2, 0) is 0 Å². The van der Waals surface area contributed by atoms with E-state index in [4.69, 9.17) is 0 Å². The summed E-state index contributed by atoms with van der Waals surface area (Å²) in [5, 5.41) is 1.94. The molecule has 2 nitrogen and oxygen atoms in total. The molecule has 0 unspecified atom stereocenters. The summed E-state index contributed by atoms with van der Waals surface area (Å²) in [6, 6.07) is 1.90. The third-order valence-electron chi connectivity index (χ3n) is 1.82. The van der Waals surface area contributed by atoms with E-state index in [0.29, 0.717) is 0 Å². The molecule has 0 radical (unpaired) electrons. The third-order valence-corrected chi connectivity index (χ3v) is 2.70. The standard InChI is InChI=1S/C11H9FN2S/c1-8(12)4-10-5-9(7-15-10)11-6-13-2-3-14-11/h2-7H,1H3/b8-4+. The van der Waals surface area contributed by atoms with E-state index < -0.39 is 0 Å². The first kappa shape index (κ1) is 9.98. The number of hydrogen-bond donors (Lipinski definition) is 0. The average molecular weight is 220 g/mol. The van der Waals surface area contributed by atoms with Gasteiger partial charge in [-0.15, -0.1) is 11.3 Å². The molecule has 0 aliphatic rings. The number of hydrogen-bond acceptors (Lipinski definition) is 3. The summed E-state index contributed by atoms with van der Waals surface area (Å²) in [7, 11) is 0. The topological polar surface area (TPSA) is 25.8 Å². The molecule has 0 amide bonds. The Labute approximate surface area is 91.1 Å². The van der Waals surface area contributed by atoms with Crippen LogP contribution in [0.5, 0.6) is 0 Å². The Morgan fingerprint density at radius 1 is 1.47 bits per heavy atom. The van der Waals surface area contributed by atoms with Crippen molar-refractivity contribution >= 4 is 17.4 Å². The highest BCUT2D eigenvalue weighted by atomic mass is 32.1. The number of rotatable bonds is 2. The Balaban J connectivity index is 2.32. The van der Waals surface area contributed by atoms with Crippen molar-refractivity contribution in [3.05, 3.63) is 40.7 Å². The monoisotopic (exact) mass is 220 g/mol. The molecule has 0 saturated carbocycles. The van der Waals surface area contributed by atoms with Crippen LogP contribution in [0.25, 0.3) is 17.3 Å². The second-order valence-electron chi connectivity index (χ2n) is 3.06. The summed E-state index contributed by atoms with van der Waals surface area (Å²) < 4.78 is 12.6. The molecule has 0 fully saturated rings. The Kier molecular flexibility index (Phi) is 2.87. The molecule has 2 heterocycles. The van der Waals surface area contributed by atoms with Crippen molar-refractivity contribution in [2.24, 2.45) is 0 Å². The minimum absolute atomic E-state index is 0.192. The number of aromatic nitrogens is 2. The van der Waals surface area contributed by atoms with Crippen LogP contribution >= 0.6 is 11.3 Å². The molecule has 0 spiro atoms. The Bertz CT molecular complexity index is 472. The van der Waals surface area contributed by atoms with Gasteiger partial charge in [0.15, 0.2) is 0 Å². The summed E-state index contributed by atoms with van der Waals surface area (Å²) in [6.45, 7) is 1.43. The fraction of sp³-hybridized carbons (Fsp3) is 0.0909. The molecule has 2 aromatic rings. The first-order valence-corrected chi connectivity index (χ1v) is 5.32. The van der Waals surface area contributed by atoms with Crippen molar-refractivity contribution in [2.75, 3.05) is 0 Å². The fourth-order valence-corrected chi connectivity index (χ4v) is 2.08. The molecule has 2 aromatic heterocycles. The molecule has 2 rings (SSSR count). The predicted octanol–water partition coefficient (Wildman–Crippen LogP) is 3.54. The van der Waals surface area contributed by atoms with Crippen molar-refractivity contribution in [3.63, 3.8) is 0 Å². The van der Waals surface area contributed by atoms with E-state index in [9.17, 15) is 4.39 Å². The van der Waals surface area contributed by atoms with E-state index >= 15 is 0 Å². The largest absolute Gasteiger partial charge is 0.261 e. The van der Waals surface area contributed by atoms with E-state index in [1.54, 1.807) is 18.6 Å². The Morgan fingerprint density at radius 3 is 3.00 bits per heavy atom. The van der Waals surface area contributed by atoms with Gasteiger partial charge in [0.1, 0.15) is 0 Å². The third kappa shape index (κ3) is 2.47. The first-order valence-electron chi connectivity index (χ1n) is 4.44. The highest BCUT2D eigenvalue weighted by Gasteiger charge is 2.02. The van der Waals surface area contributed by atoms with E-state index in [1.165, 1.54) is 24.3 Å². The van der Waals surface area contributed by atoms with Crippen molar-refractivity contribution in [3.8, 4) is 11.3 Å². The van der Waals surface area contributed by atoms with Crippen LogP contribution in [0.3, 0.4) is 0 Å². The number of halogens is 1. The second-order valence-corrected chi connectivity index (χ2v) is 4.00. The SMILES string of the molecule is C/C(F)=C\c1cc(-c2cnccn2)cs1. The molecule has 0 aliphatic carbocycles. The van der Waals surface area contributed by atoms with Crippen LogP contribution < -0.4 is 0 Å². The number of thiophene rings is 1. The number of nitrogens with zero attached hydrogens (tertiary/aromatic N) is 2. The molecule has 0 saturated heterocycles. The van der Waals surface area contributed by atoms with E-state index in [1.807, 2.05) is 11.4 Å². The van der Waals surface area contributed by atoms with Gasteiger partial charge in [-0.2, -0.15) is 0 Å². The van der Waals surface area contributed by atoms with Crippen LogP contribution in [0, 0.1) is 0 Å². The second kappa shape index (κ2) is 4.31. The molecular weight excluding hydrogens is 211 g/mol. The fourth-order valence-electron chi connectivity index (χ4n) is 1.21. The molecule has 15 heavy (non-hydrogen) atoms.